The van der Waals surface area contributed by atoms with Crippen LogP contribution in [-0.4, -0.2) is 24.6 Å². The number of nitrogen functional groups attached to an aromatic ring is 1. The van der Waals surface area contributed by atoms with E-state index in [0.29, 0.717) is 12.8 Å². The van der Waals surface area contributed by atoms with E-state index in [4.69, 9.17) is 38.4 Å². The molecule has 0 fully saturated rings. The van der Waals surface area contributed by atoms with Crippen LogP contribution in [0.1, 0.15) is 37.0 Å². The Morgan fingerprint density at radius 2 is 1.95 bits per heavy atom. The Hall–Kier alpha value is -1.46. The van der Waals surface area contributed by atoms with Crippen LogP contribution in [0.3, 0.4) is 0 Å². The topological polar surface area (TPSA) is 78.6 Å². The molecule has 0 aromatic heterocycles. The summed E-state index contributed by atoms with van der Waals surface area (Å²) in [6.07, 6.45) is 0.0971. The summed E-state index contributed by atoms with van der Waals surface area (Å²) in [4.78, 5) is 23.8. The standard InChI is InChI=1S/C14H17Cl2NO4/c1-3-5-11(14(19)20-4-2)21-13(18)8-6-9(15)12(16)10(17)7-8/h6-7,11H,3-5,17H2,1-2H3. The van der Waals surface area contributed by atoms with Crippen molar-refractivity contribution in [3.63, 3.8) is 0 Å². The minimum Gasteiger partial charge on any atom is -0.463 e. The second-order valence-electron chi connectivity index (χ2n) is 4.30. The Labute approximate surface area is 133 Å². The summed E-state index contributed by atoms with van der Waals surface area (Å²) in [5.74, 6) is -1.27. The van der Waals surface area contributed by atoms with E-state index in [1.807, 2.05) is 6.92 Å². The second kappa shape index (κ2) is 8.10. The van der Waals surface area contributed by atoms with Gasteiger partial charge in [-0.3, -0.25) is 0 Å². The Kier molecular flexibility index (Phi) is 6.78. The molecule has 1 rings (SSSR count). The van der Waals surface area contributed by atoms with Gasteiger partial charge in [0.1, 0.15) is 0 Å². The number of esters is 2. The highest BCUT2D eigenvalue weighted by atomic mass is 35.5. The molecule has 116 valence electrons. The number of hydrogen-bond donors (Lipinski definition) is 1. The second-order valence-corrected chi connectivity index (χ2v) is 5.08. The Morgan fingerprint density at radius 3 is 2.48 bits per heavy atom. The highest BCUT2D eigenvalue weighted by molar-refractivity contribution is 6.43. The summed E-state index contributed by atoms with van der Waals surface area (Å²) in [6.45, 7) is 3.77. The maximum atomic E-state index is 12.1. The molecule has 0 radical (unpaired) electrons. The van der Waals surface area contributed by atoms with Crippen LogP contribution in [0.2, 0.25) is 10.0 Å². The fraction of sp³-hybridized carbons (Fsp3) is 0.429. The zero-order valence-corrected chi connectivity index (χ0v) is 13.3. The zero-order valence-electron chi connectivity index (χ0n) is 11.8. The molecule has 1 unspecified atom stereocenters. The maximum absolute atomic E-state index is 12.1. The van der Waals surface area contributed by atoms with Gasteiger partial charge in [0, 0.05) is 0 Å². The molecule has 0 saturated carbocycles. The summed E-state index contributed by atoms with van der Waals surface area (Å²) in [7, 11) is 0. The number of benzene rings is 1. The van der Waals surface area contributed by atoms with Crippen LogP contribution in [0.15, 0.2) is 12.1 Å². The van der Waals surface area contributed by atoms with E-state index >= 15 is 0 Å². The zero-order chi connectivity index (χ0) is 16.0. The minimum absolute atomic E-state index is 0.132. The first-order valence-corrected chi connectivity index (χ1v) is 7.28. The van der Waals surface area contributed by atoms with Crippen molar-refractivity contribution in [1.82, 2.24) is 0 Å². The molecule has 5 nitrogen and oxygen atoms in total. The molecule has 1 aromatic rings. The molecule has 0 aliphatic rings. The van der Waals surface area contributed by atoms with Gasteiger partial charge in [-0.25, -0.2) is 9.59 Å². The van der Waals surface area contributed by atoms with Gasteiger partial charge in [-0.2, -0.15) is 0 Å². The molecule has 1 atom stereocenters. The van der Waals surface area contributed by atoms with Crippen molar-refractivity contribution < 1.29 is 19.1 Å². The number of halogens is 2. The first-order chi connectivity index (χ1) is 9.90. The highest BCUT2D eigenvalue weighted by Crippen LogP contribution is 2.29. The largest absolute Gasteiger partial charge is 0.463 e. The number of hydrogen-bond acceptors (Lipinski definition) is 5. The number of rotatable bonds is 6. The van der Waals surface area contributed by atoms with E-state index in [0.717, 1.165) is 0 Å². The van der Waals surface area contributed by atoms with Gasteiger partial charge in [0.05, 0.1) is 27.9 Å². The first-order valence-electron chi connectivity index (χ1n) is 6.52. The van der Waals surface area contributed by atoms with Crippen LogP contribution in [0.4, 0.5) is 5.69 Å². The van der Waals surface area contributed by atoms with Crippen molar-refractivity contribution in [3.8, 4) is 0 Å². The quantitative estimate of drug-likeness (QED) is 0.637. The average molecular weight is 334 g/mol. The van der Waals surface area contributed by atoms with Crippen LogP contribution in [0.25, 0.3) is 0 Å². The summed E-state index contributed by atoms with van der Waals surface area (Å²) in [5, 5.41) is 0.315. The van der Waals surface area contributed by atoms with Gasteiger partial charge in [-0.05, 0) is 25.5 Å². The normalized spacial score (nSPS) is 11.8. The predicted octanol–water partition coefficient (Wildman–Crippen LogP) is 3.46. The SMILES string of the molecule is CCCC(OC(=O)c1cc(N)c(Cl)c(Cl)c1)C(=O)OCC. The third kappa shape index (κ3) is 4.79. The number of anilines is 1. The van der Waals surface area contributed by atoms with Crippen LogP contribution in [0.5, 0.6) is 0 Å². The van der Waals surface area contributed by atoms with Crippen molar-refractivity contribution in [1.29, 1.82) is 0 Å². The molecule has 0 bridgehead atoms. The number of carbonyl (C=O) groups is 2. The molecular formula is C14H17Cl2NO4. The number of nitrogens with two attached hydrogens (primary N) is 1. The predicted molar refractivity (Wildman–Crippen MR) is 81.6 cm³/mol. The van der Waals surface area contributed by atoms with Crippen molar-refractivity contribution >= 4 is 40.8 Å². The van der Waals surface area contributed by atoms with Gasteiger partial charge in [0.15, 0.2) is 6.10 Å². The van der Waals surface area contributed by atoms with Gasteiger partial charge in [0.25, 0.3) is 0 Å². The van der Waals surface area contributed by atoms with Crippen LogP contribution in [0, 0.1) is 0 Å². The van der Waals surface area contributed by atoms with Crippen LogP contribution in [-0.2, 0) is 14.3 Å². The van der Waals surface area contributed by atoms with Gasteiger partial charge in [-0.1, -0.05) is 36.5 Å². The summed E-state index contributed by atoms with van der Waals surface area (Å²) in [5.41, 5.74) is 5.94. The average Bonchev–Trinajstić information content (AvgIpc) is 2.43. The van der Waals surface area contributed by atoms with E-state index in [2.05, 4.69) is 0 Å². The van der Waals surface area contributed by atoms with Crippen molar-refractivity contribution in [2.24, 2.45) is 0 Å². The van der Waals surface area contributed by atoms with Crippen molar-refractivity contribution in [2.75, 3.05) is 12.3 Å². The molecule has 1 aromatic carbocycles. The molecule has 0 saturated heterocycles. The van der Waals surface area contributed by atoms with Gasteiger partial charge in [-0.15, -0.1) is 0 Å². The summed E-state index contributed by atoms with van der Waals surface area (Å²) in [6, 6.07) is 2.70. The molecule has 0 spiro atoms. The fourth-order valence-corrected chi connectivity index (χ4v) is 1.98. The Morgan fingerprint density at radius 1 is 1.29 bits per heavy atom. The van der Waals surface area contributed by atoms with E-state index in [9.17, 15) is 9.59 Å². The smallest absolute Gasteiger partial charge is 0.347 e. The molecular weight excluding hydrogens is 317 g/mol. The number of carbonyl (C=O) groups excluding carboxylic acids is 2. The van der Waals surface area contributed by atoms with Crippen LogP contribution >= 0.6 is 23.2 Å². The minimum atomic E-state index is -0.946. The molecule has 0 amide bonds. The van der Waals surface area contributed by atoms with Crippen molar-refractivity contribution in [2.45, 2.75) is 32.8 Å². The highest BCUT2D eigenvalue weighted by Gasteiger charge is 2.24. The van der Waals surface area contributed by atoms with Gasteiger partial charge >= 0.3 is 11.9 Å². The van der Waals surface area contributed by atoms with Crippen molar-refractivity contribution in [3.05, 3.63) is 27.7 Å². The van der Waals surface area contributed by atoms with E-state index < -0.39 is 18.0 Å². The lowest BCUT2D eigenvalue weighted by molar-refractivity contribution is -0.153. The van der Waals surface area contributed by atoms with Crippen LogP contribution < -0.4 is 5.73 Å². The lowest BCUT2D eigenvalue weighted by Gasteiger charge is -2.16. The number of ether oxygens (including phenoxy) is 2. The monoisotopic (exact) mass is 333 g/mol. The maximum Gasteiger partial charge on any atom is 0.347 e. The fourth-order valence-electron chi connectivity index (χ4n) is 1.65. The lowest BCUT2D eigenvalue weighted by Crippen LogP contribution is -2.29. The van der Waals surface area contributed by atoms with Gasteiger partial charge < -0.3 is 15.2 Å². The third-order valence-electron chi connectivity index (χ3n) is 2.64. The van der Waals surface area contributed by atoms with E-state index in [1.54, 1.807) is 6.92 Å². The molecule has 0 aliphatic heterocycles. The molecule has 2 N–H and O–H groups in total. The first kappa shape index (κ1) is 17.6. The summed E-state index contributed by atoms with van der Waals surface area (Å²) >= 11 is 11.7. The molecule has 21 heavy (non-hydrogen) atoms. The summed E-state index contributed by atoms with van der Waals surface area (Å²) < 4.78 is 10.0. The molecule has 0 aliphatic carbocycles. The van der Waals surface area contributed by atoms with E-state index in [-0.39, 0.29) is 27.9 Å². The molecule has 7 heteroatoms. The van der Waals surface area contributed by atoms with Gasteiger partial charge in [0.2, 0.25) is 0 Å². The Balaban J connectivity index is 2.89. The third-order valence-corrected chi connectivity index (χ3v) is 3.46. The molecule has 0 heterocycles. The lowest BCUT2D eigenvalue weighted by atomic mass is 10.2. The van der Waals surface area contributed by atoms with E-state index in [1.165, 1.54) is 12.1 Å². The Bertz CT molecular complexity index is 511.